The Morgan fingerprint density at radius 3 is 2.26 bits per heavy atom. The van der Waals surface area contributed by atoms with Gasteiger partial charge in [-0.25, -0.2) is 0 Å². The minimum Gasteiger partial charge on any atom is -0.461 e. The number of Topliss-reactive ketones (excluding diaryl/α,β-unsaturated/α-hetero) is 1. The van der Waals surface area contributed by atoms with Crippen molar-refractivity contribution in [3.63, 3.8) is 0 Å². The van der Waals surface area contributed by atoms with E-state index in [-0.39, 0.29) is 5.78 Å². The van der Waals surface area contributed by atoms with Crippen molar-refractivity contribution in [2.45, 2.75) is 27.2 Å². The van der Waals surface area contributed by atoms with Crippen LogP contribution in [0, 0.1) is 0 Å². The molecule has 108 valence electrons. The first kappa shape index (κ1) is 15.9. The van der Waals surface area contributed by atoms with Crippen LogP contribution in [0.2, 0.25) is 0 Å². The Kier molecular flexibility index (Phi) is 7.45. The highest BCUT2D eigenvalue weighted by Gasteiger charge is 2.13. The number of carbonyl (C=O) groups excluding carboxylic acids is 1. The number of carbonyl (C=O) groups is 1. The van der Waals surface area contributed by atoms with Crippen LogP contribution < -0.4 is 0 Å². The Labute approximate surface area is 116 Å². The molecule has 19 heavy (non-hydrogen) atoms. The van der Waals surface area contributed by atoms with Crippen molar-refractivity contribution in [2.24, 2.45) is 0 Å². The maximum atomic E-state index is 11.9. The van der Waals surface area contributed by atoms with E-state index in [1.807, 2.05) is 0 Å². The Morgan fingerprint density at radius 2 is 1.74 bits per heavy atom. The third-order valence-corrected chi connectivity index (χ3v) is 3.45. The Bertz CT molecular complexity index is 345. The molecule has 1 aromatic heterocycles. The molecule has 0 N–H and O–H groups in total. The fourth-order valence-electron chi connectivity index (χ4n) is 2.12. The maximum Gasteiger partial charge on any atom is 0.211 e. The molecule has 0 amide bonds. The van der Waals surface area contributed by atoms with Crippen molar-refractivity contribution in [3.05, 3.63) is 24.2 Å². The van der Waals surface area contributed by atoms with Gasteiger partial charge in [0.25, 0.3) is 0 Å². The Morgan fingerprint density at radius 1 is 1.11 bits per heavy atom. The summed E-state index contributed by atoms with van der Waals surface area (Å²) in [7, 11) is 0. The lowest BCUT2D eigenvalue weighted by Gasteiger charge is -2.22. The second-order valence-corrected chi connectivity index (χ2v) is 4.65. The summed E-state index contributed by atoms with van der Waals surface area (Å²) in [5, 5.41) is 0. The van der Waals surface area contributed by atoms with Crippen molar-refractivity contribution >= 4 is 5.78 Å². The van der Waals surface area contributed by atoms with Crippen LogP contribution in [0.25, 0.3) is 0 Å². The Balaban J connectivity index is 2.31. The van der Waals surface area contributed by atoms with E-state index in [9.17, 15) is 4.79 Å². The number of ketones is 1. The zero-order valence-corrected chi connectivity index (χ0v) is 12.4. The number of nitrogens with zero attached hydrogens (tertiary/aromatic N) is 2. The molecule has 0 radical (unpaired) electrons. The Hall–Kier alpha value is -1.13. The summed E-state index contributed by atoms with van der Waals surface area (Å²) in [5.41, 5.74) is 0. The summed E-state index contributed by atoms with van der Waals surface area (Å²) >= 11 is 0. The molecule has 0 saturated carbocycles. The zero-order valence-electron chi connectivity index (χ0n) is 12.4. The molecule has 0 spiro atoms. The highest BCUT2D eigenvalue weighted by Crippen LogP contribution is 2.04. The summed E-state index contributed by atoms with van der Waals surface area (Å²) in [6.07, 6.45) is 2.64. The van der Waals surface area contributed by atoms with Crippen LogP contribution in [0.5, 0.6) is 0 Å². The van der Waals surface area contributed by atoms with E-state index in [4.69, 9.17) is 4.42 Å². The quantitative estimate of drug-likeness (QED) is 0.610. The molecule has 1 aromatic rings. The molecule has 0 bridgehead atoms. The molecule has 0 fully saturated rings. The number of hydrogen-bond acceptors (Lipinski definition) is 4. The fraction of sp³-hybridized carbons (Fsp3) is 0.667. The van der Waals surface area contributed by atoms with Gasteiger partial charge in [0.2, 0.25) is 5.78 Å². The minimum atomic E-state index is 0.0645. The van der Waals surface area contributed by atoms with Gasteiger partial charge in [-0.1, -0.05) is 20.8 Å². The highest BCUT2D eigenvalue weighted by molar-refractivity contribution is 5.94. The molecule has 0 saturated heterocycles. The monoisotopic (exact) mass is 266 g/mol. The third kappa shape index (κ3) is 5.57. The van der Waals surface area contributed by atoms with Crippen molar-refractivity contribution in [3.8, 4) is 0 Å². The van der Waals surface area contributed by atoms with E-state index in [0.29, 0.717) is 12.3 Å². The van der Waals surface area contributed by atoms with E-state index in [1.165, 1.54) is 0 Å². The fourth-order valence-corrected chi connectivity index (χ4v) is 2.12. The molecule has 4 heteroatoms. The average Bonchev–Trinajstić information content (AvgIpc) is 2.96. The molecular weight excluding hydrogens is 240 g/mol. The molecule has 4 nitrogen and oxygen atoms in total. The van der Waals surface area contributed by atoms with Crippen LogP contribution in [0.1, 0.15) is 37.7 Å². The van der Waals surface area contributed by atoms with Gasteiger partial charge in [-0.2, -0.15) is 0 Å². The summed E-state index contributed by atoms with van der Waals surface area (Å²) in [6, 6.07) is 3.48. The first-order valence-corrected chi connectivity index (χ1v) is 7.22. The van der Waals surface area contributed by atoms with E-state index in [2.05, 4.69) is 30.6 Å². The third-order valence-electron chi connectivity index (χ3n) is 3.45. The zero-order chi connectivity index (χ0) is 14.1. The lowest BCUT2D eigenvalue weighted by Crippen LogP contribution is -2.33. The highest BCUT2D eigenvalue weighted by atomic mass is 16.3. The summed E-state index contributed by atoms with van der Waals surface area (Å²) in [4.78, 5) is 16.5. The maximum absolute atomic E-state index is 11.9. The summed E-state index contributed by atoms with van der Waals surface area (Å²) in [6.45, 7) is 12.0. The van der Waals surface area contributed by atoms with Gasteiger partial charge in [-0.15, -0.1) is 0 Å². The van der Waals surface area contributed by atoms with Crippen molar-refractivity contribution in [1.29, 1.82) is 0 Å². The van der Waals surface area contributed by atoms with E-state index in [1.54, 1.807) is 18.4 Å². The van der Waals surface area contributed by atoms with Crippen LogP contribution in [0.3, 0.4) is 0 Å². The predicted octanol–water partition coefficient (Wildman–Crippen LogP) is 2.52. The molecule has 0 aliphatic carbocycles. The van der Waals surface area contributed by atoms with E-state index >= 15 is 0 Å². The first-order valence-electron chi connectivity index (χ1n) is 7.22. The largest absolute Gasteiger partial charge is 0.461 e. The SMILES string of the molecule is CCN(CC)CCCN(CC)CC(=O)c1ccco1. The molecular formula is C15H26N2O2. The van der Waals surface area contributed by atoms with Gasteiger partial charge in [-0.3, -0.25) is 9.69 Å². The van der Waals surface area contributed by atoms with Gasteiger partial charge >= 0.3 is 0 Å². The number of likely N-dealkylation sites (N-methyl/N-ethyl adjacent to an activating group) is 1. The molecule has 0 aromatic carbocycles. The number of furan rings is 1. The van der Waals surface area contributed by atoms with Crippen LogP contribution >= 0.6 is 0 Å². The minimum absolute atomic E-state index is 0.0645. The number of rotatable bonds is 10. The normalized spacial score (nSPS) is 11.4. The topological polar surface area (TPSA) is 36.7 Å². The van der Waals surface area contributed by atoms with Crippen molar-refractivity contribution in [1.82, 2.24) is 9.80 Å². The van der Waals surface area contributed by atoms with Crippen LogP contribution in [-0.2, 0) is 0 Å². The second kappa shape index (κ2) is 8.88. The molecule has 0 aliphatic rings. The van der Waals surface area contributed by atoms with Gasteiger partial charge in [-0.05, 0) is 51.3 Å². The van der Waals surface area contributed by atoms with Crippen LogP contribution in [-0.4, -0.2) is 54.9 Å². The lowest BCUT2D eigenvalue weighted by atomic mass is 10.2. The van der Waals surface area contributed by atoms with Gasteiger partial charge in [0.15, 0.2) is 5.76 Å². The van der Waals surface area contributed by atoms with Crippen molar-refractivity contribution in [2.75, 3.05) is 39.3 Å². The second-order valence-electron chi connectivity index (χ2n) is 4.65. The number of hydrogen-bond donors (Lipinski definition) is 0. The molecule has 0 unspecified atom stereocenters. The molecule has 1 rings (SSSR count). The molecule has 0 atom stereocenters. The van der Waals surface area contributed by atoms with Gasteiger partial charge in [0.1, 0.15) is 0 Å². The standard InChI is InChI=1S/C15H26N2O2/c1-4-16(5-2)10-8-11-17(6-3)13-14(18)15-9-7-12-19-15/h7,9,12H,4-6,8,10-11,13H2,1-3H3. The van der Waals surface area contributed by atoms with Gasteiger partial charge < -0.3 is 9.32 Å². The van der Waals surface area contributed by atoms with E-state index < -0.39 is 0 Å². The molecule has 1 heterocycles. The van der Waals surface area contributed by atoms with Crippen LogP contribution in [0.4, 0.5) is 0 Å². The molecule has 0 aliphatic heterocycles. The summed E-state index contributed by atoms with van der Waals surface area (Å²) in [5.74, 6) is 0.525. The predicted molar refractivity (Wildman–Crippen MR) is 77.6 cm³/mol. The average molecular weight is 266 g/mol. The van der Waals surface area contributed by atoms with Crippen LogP contribution in [0.15, 0.2) is 22.8 Å². The van der Waals surface area contributed by atoms with E-state index in [0.717, 1.165) is 39.1 Å². The first-order chi connectivity index (χ1) is 9.21. The van der Waals surface area contributed by atoms with Gasteiger partial charge in [0.05, 0.1) is 12.8 Å². The lowest BCUT2D eigenvalue weighted by molar-refractivity contribution is 0.0903. The summed E-state index contributed by atoms with van der Waals surface area (Å²) < 4.78 is 5.13. The smallest absolute Gasteiger partial charge is 0.211 e. The van der Waals surface area contributed by atoms with Crippen molar-refractivity contribution < 1.29 is 9.21 Å². The van der Waals surface area contributed by atoms with Gasteiger partial charge in [0, 0.05) is 0 Å².